The molecule has 0 aromatic heterocycles. The summed E-state index contributed by atoms with van der Waals surface area (Å²) in [6, 6.07) is 5.55. The summed E-state index contributed by atoms with van der Waals surface area (Å²) in [6.07, 6.45) is 1.04. The third-order valence-corrected chi connectivity index (χ3v) is 4.94. The molecule has 1 aromatic rings. The number of benzene rings is 1. The van der Waals surface area contributed by atoms with Crippen LogP contribution in [0.3, 0.4) is 0 Å². The van der Waals surface area contributed by atoms with Crippen LogP contribution >= 0.6 is 23.2 Å². The molecule has 1 amide bonds. The first-order chi connectivity index (χ1) is 12.4. The predicted molar refractivity (Wildman–Crippen MR) is 106 cm³/mol. The van der Waals surface area contributed by atoms with Crippen molar-refractivity contribution in [1.82, 2.24) is 15.1 Å². The van der Waals surface area contributed by atoms with Gasteiger partial charge in [-0.15, -0.1) is 0 Å². The second-order valence-corrected chi connectivity index (χ2v) is 7.46. The number of nitrogens with zero attached hydrogens (tertiary/aromatic N) is 3. The molecule has 1 atom stereocenters. The number of aliphatic imine (C=N–C) groups is 1. The molecule has 8 heteroatoms. The molecular formula is C18H26Cl2N4O2. The normalized spacial score (nSPS) is 17.3. The lowest BCUT2D eigenvalue weighted by molar-refractivity contribution is -0.127. The first-order valence-corrected chi connectivity index (χ1v) is 9.33. The maximum atomic E-state index is 11.9. The van der Waals surface area contributed by atoms with Crippen LogP contribution in [0.25, 0.3) is 0 Å². The molecule has 6 nitrogen and oxygen atoms in total. The lowest BCUT2D eigenvalue weighted by Gasteiger charge is -2.24. The Kier molecular flexibility index (Phi) is 8.00. The number of carbonyl (C=O) groups is 1. The van der Waals surface area contributed by atoms with Gasteiger partial charge in [-0.05, 0) is 24.1 Å². The van der Waals surface area contributed by atoms with Crippen molar-refractivity contribution >= 4 is 35.1 Å². The average Bonchev–Trinajstić information content (AvgIpc) is 3.11. The van der Waals surface area contributed by atoms with E-state index in [9.17, 15) is 4.79 Å². The van der Waals surface area contributed by atoms with Crippen LogP contribution in [0.5, 0.6) is 0 Å². The highest BCUT2D eigenvalue weighted by Gasteiger charge is 2.17. The van der Waals surface area contributed by atoms with Crippen LogP contribution in [0.2, 0.25) is 10.0 Å². The number of rotatable bonds is 6. The van der Waals surface area contributed by atoms with E-state index in [4.69, 9.17) is 27.9 Å². The van der Waals surface area contributed by atoms with Gasteiger partial charge in [-0.2, -0.15) is 0 Å². The highest BCUT2D eigenvalue weighted by Crippen LogP contribution is 2.23. The summed E-state index contributed by atoms with van der Waals surface area (Å²) >= 11 is 12.1. The molecule has 1 saturated heterocycles. The van der Waals surface area contributed by atoms with E-state index in [2.05, 4.69) is 10.3 Å². The van der Waals surface area contributed by atoms with E-state index in [0.717, 1.165) is 31.7 Å². The SMILES string of the molecule is CN(C)C(=O)CN=C(NCC1CCOC1)N(C)Cc1ccc(Cl)c(Cl)c1. The van der Waals surface area contributed by atoms with Crippen LogP contribution in [0, 0.1) is 5.92 Å². The second-order valence-electron chi connectivity index (χ2n) is 6.64. The van der Waals surface area contributed by atoms with Crippen molar-refractivity contribution in [3.63, 3.8) is 0 Å². The number of amides is 1. The highest BCUT2D eigenvalue weighted by molar-refractivity contribution is 6.42. The van der Waals surface area contributed by atoms with Gasteiger partial charge in [0.2, 0.25) is 5.91 Å². The Morgan fingerprint density at radius 2 is 2.08 bits per heavy atom. The van der Waals surface area contributed by atoms with Crippen LogP contribution in [0.4, 0.5) is 0 Å². The molecule has 0 bridgehead atoms. The number of guanidine groups is 1. The molecule has 1 unspecified atom stereocenters. The van der Waals surface area contributed by atoms with E-state index >= 15 is 0 Å². The molecule has 1 aliphatic rings. The van der Waals surface area contributed by atoms with E-state index in [1.807, 2.05) is 24.1 Å². The van der Waals surface area contributed by atoms with Gasteiger partial charge in [0.25, 0.3) is 0 Å². The Balaban J connectivity index is 2.05. The Labute approximate surface area is 165 Å². The number of nitrogens with one attached hydrogen (secondary N) is 1. The van der Waals surface area contributed by atoms with Gasteiger partial charge >= 0.3 is 0 Å². The molecule has 1 N–H and O–H groups in total. The van der Waals surface area contributed by atoms with Gasteiger partial charge in [0, 0.05) is 46.8 Å². The third-order valence-electron chi connectivity index (χ3n) is 4.20. The van der Waals surface area contributed by atoms with Crippen molar-refractivity contribution in [3.05, 3.63) is 33.8 Å². The van der Waals surface area contributed by atoms with Gasteiger partial charge in [0.1, 0.15) is 6.54 Å². The van der Waals surface area contributed by atoms with E-state index in [1.165, 1.54) is 4.90 Å². The van der Waals surface area contributed by atoms with Crippen LogP contribution in [0.1, 0.15) is 12.0 Å². The minimum atomic E-state index is -0.0450. The predicted octanol–water partition coefficient (Wildman–Crippen LogP) is 2.50. The Hall–Kier alpha value is -1.50. The first kappa shape index (κ1) is 20.8. The fourth-order valence-corrected chi connectivity index (χ4v) is 2.88. The largest absolute Gasteiger partial charge is 0.381 e. The van der Waals surface area contributed by atoms with Gasteiger partial charge in [0.15, 0.2) is 5.96 Å². The second kappa shape index (κ2) is 10.00. The van der Waals surface area contributed by atoms with Crippen LogP contribution < -0.4 is 5.32 Å². The molecule has 26 heavy (non-hydrogen) atoms. The molecule has 2 rings (SSSR count). The highest BCUT2D eigenvalue weighted by atomic mass is 35.5. The standard InChI is InChI=1S/C18H26Cl2N4O2/c1-23(2)17(25)10-22-18(21-9-14-6-7-26-12-14)24(3)11-13-4-5-15(19)16(20)8-13/h4-5,8,14H,6-7,9-12H2,1-3H3,(H,21,22). The zero-order valence-corrected chi connectivity index (χ0v) is 17.0. The number of hydrogen-bond acceptors (Lipinski definition) is 3. The number of likely N-dealkylation sites (N-methyl/N-ethyl adjacent to an activating group) is 1. The van der Waals surface area contributed by atoms with Crippen molar-refractivity contribution in [2.45, 2.75) is 13.0 Å². The zero-order valence-electron chi connectivity index (χ0n) is 15.5. The van der Waals surface area contributed by atoms with Crippen molar-refractivity contribution in [2.75, 3.05) is 47.4 Å². The molecule has 0 aliphatic carbocycles. The number of hydrogen-bond donors (Lipinski definition) is 1. The maximum absolute atomic E-state index is 11.9. The molecule has 0 spiro atoms. The van der Waals surface area contributed by atoms with Crippen LogP contribution in [0.15, 0.2) is 23.2 Å². The molecule has 0 radical (unpaired) electrons. The van der Waals surface area contributed by atoms with Gasteiger partial charge < -0.3 is 19.9 Å². The van der Waals surface area contributed by atoms with Gasteiger partial charge in [0.05, 0.1) is 16.7 Å². The molecule has 1 heterocycles. The number of ether oxygens (including phenoxy) is 1. The summed E-state index contributed by atoms with van der Waals surface area (Å²) in [5, 5.41) is 4.42. The zero-order chi connectivity index (χ0) is 19.1. The van der Waals surface area contributed by atoms with E-state index in [-0.39, 0.29) is 12.5 Å². The fourth-order valence-electron chi connectivity index (χ4n) is 2.56. The lowest BCUT2D eigenvalue weighted by Crippen LogP contribution is -2.41. The third kappa shape index (κ3) is 6.34. The van der Waals surface area contributed by atoms with Crippen molar-refractivity contribution in [3.8, 4) is 0 Å². The van der Waals surface area contributed by atoms with Gasteiger partial charge in [-0.1, -0.05) is 29.3 Å². The van der Waals surface area contributed by atoms with E-state index in [0.29, 0.717) is 28.5 Å². The summed E-state index contributed by atoms with van der Waals surface area (Å²) in [6.45, 7) is 3.02. The van der Waals surface area contributed by atoms with E-state index in [1.54, 1.807) is 20.2 Å². The number of halogens is 2. The lowest BCUT2D eigenvalue weighted by atomic mass is 10.1. The summed E-state index contributed by atoms with van der Waals surface area (Å²) in [4.78, 5) is 19.9. The topological polar surface area (TPSA) is 57.2 Å². The minimum Gasteiger partial charge on any atom is -0.381 e. The van der Waals surface area contributed by atoms with Crippen LogP contribution in [-0.4, -0.2) is 69.1 Å². The molecule has 144 valence electrons. The van der Waals surface area contributed by atoms with Gasteiger partial charge in [-0.25, -0.2) is 4.99 Å². The Bertz CT molecular complexity index is 646. The first-order valence-electron chi connectivity index (χ1n) is 8.58. The van der Waals surface area contributed by atoms with Crippen LogP contribution in [-0.2, 0) is 16.1 Å². The van der Waals surface area contributed by atoms with E-state index < -0.39 is 0 Å². The fraction of sp³-hybridized carbons (Fsp3) is 0.556. The monoisotopic (exact) mass is 400 g/mol. The van der Waals surface area contributed by atoms with Crippen molar-refractivity contribution in [1.29, 1.82) is 0 Å². The molecule has 1 aromatic carbocycles. The average molecular weight is 401 g/mol. The molecular weight excluding hydrogens is 375 g/mol. The Morgan fingerprint density at radius 3 is 2.69 bits per heavy atom. The Morgan fingerprint density at radius 1 is 1.31 bits per heavy atom. The molecule has 0 saturated carbocycles. The van der Waals surface area contributed by atoms with Crippen molar-refractivity contribution in [2.24, 2.45) is 10.9 Å². The number of carbonyl (C=O) groups excluding carboxylic acids is 1. The minimum absolute atomic E-state index is 0.0450. The summed E-state index contributed by atoms with van der Waals surface area (Å²) in [7, 11) is 5.38. The summed E-state index contributed by atoms with van der Waals surface area (Å²) in [5.74, 6) is 1.10. The molecule has 1 aliphatic heterocycles. The smallest absolute Gasteiger partial charge is 0.243 e. The van der Waals surface area contributed by atoms with Crippen molar-refractivity contribution < 1.29 is 9.53 Å². The quantitative estimate of drug-likeness (QED) is 0.588. The summed E-state index contributed by atoms with van der Waals surface area (Å²) in [5.41, 5.74) is 1.01. The molecule has 1 fully saturated rings. The maximum Gasteiger partial charge on any atom is 0.243 e. The summed E-state index contributed by atoms with van der Waals surface area (Å²) < 4.78 is 5.42. The van der Waals surface area contributed by atoms with Gasteiger partial charge in [-0.3, -0.25) is 4.79 Å².